The zero-order chi connectivity index (χ0) is 11.1. The molecular formula is C14H12O2. The van der Waals surface area contributed by atoms with E-state index in [1.54, 1.807) is 12.1 Å². The normalized spacial score (nSPS) is 13.0. The molecule has 2 nitrogen and oxygen atoms in total. The average Bonchev–Trinajstić information content (AvgIpc) is 2.31. The Morgan fingerprint density at radius 2 is 1.44 bits per heavy atom. The van der Waals surface area contributed by atoms with E-state index < -0.39 is 0 Å². The fourth-order valence-corrected chi connectivity index (χ4v) is 2.35. The van der Waals surface area contributed by atoms with Crippen LogP contribution >= 0.6 is 0 Å². The number of phenols is 2. The van der Waals surface area contributed by atoms with Gasteiger partial charge in [0.25, 0.3) is 0 Å². The van der Waals surface area contributed by atoms with E-state index >= 15 is 0 Å². The van der Waals surface area contributed by atoms with E-state index in [0.717, 1.165) is 24.0 Å². The Hall–Kier alpha value is -1.96. The van der Waals surface area contributed by atoms with Crippen LogP contribution in [0.4, 0.5) is 0 Å². The zero-order valence-electron chi connectivity index (χ0n) is 8.77. The Labute approximate surface area is 93.8 Å². The van der Waals surface area contributed by atoms with Crippen LogP contribution in [0.2, 0.25) is 0 Å². The van der Waals surface area contributed by atoms with Gasteiger partial charge in [-0.25, -0.2) is 0 Å². The predicted molar refractivity (Wildman–Crippen MR) is 62.6 cm³/mol. The summed E-state index contributed by atoms with van der Waals surface area (Å²) in [7, 11) is 0. The van der Waals surface area contributed by atoms with E-state index in [1.807, 2.05) is 12.1 Å². The number of fused-ring (bicyclic) bond motifs is 3. The third-order valence-electron chi connectivity index (χ3n) is 3.17. The van der Waals surface area contributed by atoms with Crippen molar-refractivity contribution in [1.82, 2.24) is 0 Å². The van der Waals surface area contributed by atoms with Crippen LogP contribution in [0.1, 0.15) is 11.1 Å². The first-order valence-electron chi connectivity index (χ1n) is 5.39. The van der Waals surface area contributed by atoms with Crippen molar-refractivity contribution in [2.45, 2.75) is 12.8 Å². The second kappa shape index (κ2) is 3.27. The molecule has 2 aromatic rings. The highest BCUT2D eigenvalue weighted by molar-refractivity contribution is 5.75. The zero-order valence-corrected chi connectivity index (χ0v) is 8.77. The van der Waals surface area contributed by atoms with E-state index in [0.29, 0.717) is 0 Å². The largest absolute Gasteiger partial charge is 0.504 e. The molecule has 0 radical (unpaired) electrons. The summed E-state index contributed by atoms with van der Waals surface area (Å²) in [5, 5.41) is 19.0. The number of phenolic OH excluding ortho intramolecular Hbond substituents is 2. The van der Waals surface area contributed by atoms with Crippen molar-refractivity contribution in [3.05, 3.63) is 47.5 Å². The highest BCUT2D eigenvalue weighted by Crippen LogP contribution is 2.39. The number of aromatic hydroxyl groups is 2. The fraction of sp³-hybridized carbons (Fsp3) is 0.143. The molecule has 0 aliphatic heterocycles. The molecule has 0 saturated carbocycles. The monoisotopic (exact) mass is 212 g/mol. The minimum atomic E-state index is -0.0459. The van der Waals surface area contributed by atoms with Gasteiger partial charge in [-0.1, -0.05) is 24.3 Å². The Kier molecular flexibility index (Phi) is 1.90. The van der Waals surface area contributed by atoms with Crippen molar-refractivity contribution >= 4 is 0 Å². The van der Waals surface area contributed by atoms with Gasteiger partial charge in [0, 0.05) is 0 Å². The lowest BCUT2D eigenvalue weighted by molar-refractivity contribution is 0.403. The van der Waals surface area contributed by atoms with E-state index in [2.05, 4.69) is 12.1 Å². The number of hydrogen-bond donors (Lipinski definition) is 2. The van der Waals surface area contributed by atoms with Crippen molar-refractivity contribution < 1.29 is 10.2 Å². The Bertz CT molecular complexity index is 559. The maximum Gasteiger partial charge on any atom is 0.158 e. The van der Waals surface area contributed by atoms with Crippen LogP contribution in [-0.4, -0.2) is 10.2 Å². The van der Waals surface area contributed by atoms with Crippen LogP contribution < -0.4 is 0 Å². The topological polar surface area (TPSA) is 40.5 Å². The molecule has 16 heavy (non-hydrogen) atoms. The van der Waals surface area contributed by atoms with E-state index in [-0.39, 0.29) is 11.5 Å². The van der Waals surface area contributed by atoms with E-state index in [9.17, 15) is 10.2 Å². The van der Waals surface area contributed by atoms with Crippen molar-refractivity contribution in [1.29, 1.82) is 0 Å². The lowest BCUT2D eigenvalue weighted by atomic mass is 9.85. The molecule has 3 rings (SSSR count). The van der Waals surface area contributed by atoms with Crippen molar-refractivity contribution in [2.75, 3.05) is 0 Å². The molecule has 0 unspecified atom stereocenters. The van der Waals surface area contributed by atoms with Gasteiger partial charge in [-0.3, -0.25) is 0 Å². The molecule has 2 N–H and O–H groups in total. The lowest BCUT2D eigenvalue weighted by Gasteiger charge is -2.20. The Morgan fingerprint density at radius 3 is 2.31 bits per heavy atom. The van der Waals surface area contributed by atoms with Gasteiger partial charge < -0.3 is 10.2 Å². The summed E-state index contributed by atoms with van der Waals surface area (Å²) >= 11 is 0. The lowest BCUT2D eigenvalue weighted by Crippen LogP contribution is -2.03. The van der Waals surface area contributed by atoms with Gasteiger partial charge in [-0.05, 0) is 47.2 Å². The minimum absolute atomic E-state index is 0.0295. The van der Waals surface area contributed by atoms with E-state index in [4.69, 9.17) is 0 Å². The third kappa shape index (κ3) is 1.27. The van der Waals surface area contributed by atoms with Crippen LogP contribution in [-0.2, 0) is 12.8 Å². The Balaban J connectivity index is 2.28. The molecule has 0 fully saturated rings. The molecule has 0 spiro atoms. The van der Waals surface area contributed by atoms with Crippen molar-refractivity contribution in [2.24, 2.45) is 0 Å². The van der Waals surface area contributed by atoms with Gasteiger partial charge in [-0.15, -0.1) is 0 Å². The molecule has 1 aliphatic rings. The molecule has 1 aliphatic carbocycles. The van der Waals surface area contributed by atoms with Crippen LogP contribution in [0.15, 0.2) is 36.4 Å². The number of rotatable bonds is 0. The first-order valence-corrected chi connectivity index (χ1v) is 5.39. The molecule has 0 aromatic heterocycles. The predicted octanol–water partition coefficient (Wildman–Crippen LogP) is 2.86. The number of benzene rings is 2. The number of aryl methyl sites for hydroxylation is 2. The molecule has 0 atom stereocenters. The number of hydrogen-bond acceptors (Lipinski definition) is 2. The summed E-state index contributed by atoms with van der Waals surface area (Å²) in [5.74, 6) is -0.0754. The van der Waals surface area contributed by atoms with Crippen molar-refractivity contribution in [3.63, 3.8) is 0 Å². The second-order valence-electron chi connectivity index (χ2n) is 4.16. The molecule has 0 heterocycles. The molecule has 80 valence electrons. The highest BCUT2D eigenvalue weighted by atomic mass is 16.3. The third-order valence-corrected chi connectivity index (χ3v) is 3.17. The maximum absolute atomic E-state index is 9.55. The first kappa shape index (κ1) is 9.28. The van der Waals surface area contributed by atoms with Crippen LogP contribution in [0.25, 0.3) is 11.1 Å². The summed E-state index contributed by atoms with van der Waals surface area (Å²) in [6, 6.07) is 11.5. The quantitative estimate of drug-likeness (QED) is 0.659. The first-order chi connectivity index (χ1) is 7.75. The maximum atomic E-state index is 9.55. The molecule has 0 amide bonds. The molecule has 0 saturated heterocycles. The molecule has 2 aromatic carbocycles. The molecule has 0 bridgehead atoms. The summed E-state index contributed by atoms with van der Waals surface area (Å²) in [5.41, 5.74) is 4.62. The van der Waals surface area contributed by atoms with Crippen LogP contribution in [0.5, 0.6) is 11.5 Å². The average molecular weight is 212 g/mol. The van der Waals surface area contributed by atoms with Gasteiger partial charge in [0.2, 0.25) is 0 Å². The second-order valence-corrected chi connectivity index (χ2v) is 4.16. The standard InChI is InChI=1S/C14H12O2/c15-13-7-10-6-5-9-3-1-2-4-11(9)12(10)8-14(13)16/h1-4,7-8,15-16H,5-6H2. The SMILES string of the molecule is Oc1cc2c(cc1O)-c1ccccc1CC2. The van der Waals surface area contributed by atoms with Gasteiger partial charge >= 0.3 is 0 Å². The van der Waals surface area contributed by atoms with Gasteiger partial charge in [0.05, 0.1) is 0 Å². The minimum Gasteiger partial charge on any atom is -0.504 e. The highest BCUT2D eigenvalue weighted by Gasteiger charge is 2.17. The van der Waals surface area contributed by atoms with Crippen molar-refractivity contribution in [3.8, 4) is 22.6 Å². The van der Waals surface area contributed by atoms with E-state index in [1.165, 1.54) is 11.1 Å². The van der Waals surface area contributed by atoms with Gasteiger partial charge in [-0.2, -0.15) is 0 Å². The summed E-state index contributed by atoms with van der Waals surface area (Å²) in [4.78, 5) is 0. The summed E-state index contributed by atoms with van der Waals surface area (Å²) in [6.07, 6.45) is 1.91. The summed E-state index contributed by atoms with van der Waals surface area (Å²) in [6.45, 7) is 0. The smallest absolute Gasteiger partial charge is 0.158 e. The summed E-state index contributed by atoms with van der Waals surface area (Å²) < 4.78 is 0. The Morgan fingerprint density at radius 1 is 0.750 bits per heavy atom. The molecular weight excluding hydrogens is 200 g/mol. The van der Waals surface area contributed by atoms with Crippen LogP contribution in [0.3, 0.4) is 0 Å². The van der Waals surface area contributed by atoms with Crippen LogP contribution in [0, 0.1) is 0 Å². The van der Waals surface area contributed by atoms with Gasteiger partial charge in [0.15, 0.2) is 11.5 Å². The fourth-order valence-electron chi connectivity index (χ4n) is 2.35. The molecule has 2 heteroatoms. The van der Waals surface area contributed by atoms with Gasteiger partial charge in [0.1, 0.15) is 0 Å².